The maximum atomic E-state index is 12.6. The highest BCUT2D eigenvalue weighted by atomic mass is 79.9. The average molecular weight is 455 g/mol. The van der Waals surface area contributed by atoms with Crippen LogP contribution < -0.4 is 14.8 Å². The molecule has 2 aromatic carbocycles. The molecule has 0 aromatic heterocycles. The van der Waals surface area contributed by atoms with Crippen LogP contribution in [0.1, 0.15) is 42.2 Å². The van der Waals surface area contributed by atoms with Crippen LogP contribution in [0.3, 0.4) is 0 Å². The standard InChI is InChI=1S/C19H23BrN2O4S/c1-4-11-21-27(24,25)18-12-15(7-10-17(18)26-3)19(23)22-13(2)14-5-8-16(20)9-6-14/h5-10,12-13,21H,4,11H2,1-3H3,(H,22,23)/t13-/m0/s1. The molecule has 0 aliphatic rings. The Kier molecular flexibility index (Phi) is 7.41. The van der Waals surface area contributed by atoms with Gasteiger partial charge in [-0.2, -0.15) is 0 Å². The molecule has 2 aromatic rings. The Bertz CT molecular complexity index is 898. The number of benzene rings is 2. The molecule has 6 nitrogen and oxygen atoms in total. The molecule has 2 rings (SSSR count). The molecule has 0 saturated heterocycles. The lowest BCUT2D eigenvalue weighted by Crippen LogP contribution is -2.28. The van der Waals surface area contributed by atoms with E-state index in [1.54, 1.807) is 6.07 Å². The van der Waals surface area contributed by atoms with Crippen LogP contribution in [0.25, 0.3) is 0 Å². The Morgan fingerprint density at radius 3 is 2.44 bits per heavy atom. The number of ether oxygens (including phenoxy) is 1. The number of sulfonamides is 1. The summed E-state index contributed by atoms with van der Waals surface area (Å²) in [6.07, 6.45) is 0.659. The number of carbonyl (C=O) groups excluding carboxylic acids is 1. The van der Waals surface area contributed by atoms with Gasteiger partial charge in [-0.15, -0.1) is 0 Å². The molecular weight excluding hydrogens is 432 g/mol. The minimum atomic E-state index is -3.77. The third kappa shape index (κ3) is 5.54. The van der Waals surface area contributed by atoms with Crippen molar-refractivity contribution in [2.24, 2.45) is 0 Å². The van der Waals surface area contributed by atoms with Gasteiger partial charge >= 0.3 is 0 Å². The van der Waals surface area contributed by atoms with Gasteiger partial charge in [0.1, 0.15) is 10.6 Å². The second kappa shape index (κ2) is 9.34. The van der Waals surface area contributed by atoms with E-state index < -0.39 is 10.0 Å². The Hall–Kier alpha value is -1.90. The number of amides is 1. The van der Waals surface area contributed by atoms with Crippen molar-refractivity contribution in [1.82, 2.24) is 10.0 Å². The first-order chi connectivity index (χ1) is 12.8. The van der Waals surface area contributed by atoms with Crippen molar-refractivity contribution in [2.75, 3.05) is 13.7 Å². The molecule has 0 unspecified atom stereocenters. The van der Waals surface area contributed by atoms with Gasteiger partial charge in [0, 0.05) is 16.6 Å². The number of nitrogens with one attached hydrogen (secondary N) is 2. The van der Waals surface area contributed by atoms with Crippen LogP contribution >= 0.6 is 15.9 Å². The second-order valence-corrected chi connectivity index (χ2v) is 8.66. The number of halogens is 1. The molecule has 2 N–H and O–H groups in total. The first-order valence-electron chi connectivity index (χ1n) is 8.52. The van der Waals surface area contributed by atoms with E-state index in [0.29, 0.717) is 13.0 Å². The lowest BCUT2D eigenvalue weighted by atomic mass is 10.1. The molecule has 0 fully saturated rings. The summed E-state index contributed by atoms with van der Waals surface area (Å²) < 4.78 is 33.6. The maximum Gasteiger partial charge on any atom is 0.251 e. The fourth-order valence-corrected chi connectivity index (χ4v) is 4.05. The van der Waals surface area contributed by atoms with E-state index in [0.717, 1.165) is 10.0 Å². The van der Waals surface area contributed by atoms with Crippen molar-refractivity contribution in [1.29, 1.82) is 0 Å². The minimum absolute atomic E-state index is 0.0533. The first-order valence-corrected chi connectivity index (χ1v) is 10.8. The van der Waals surface area contributed by atoms with E-state index in [4.69, 9.17) is 4.74 Å². The fourth-order valence-electron chi connectivity index (χ4n) is 2.46. The van der Waals surface area contributed by atoms with E-state index >= 15 is 0 Å². The van der Waals surface area contributed by atoms with Gasteiger partial charge in [-0.3, -0.25) is 4.79 Å². The molecule has 1 atom stereocenters. The van der Waals surface area contributed by atoms with Gasteiger partial charge in [0.25, 0.3) is 5.91 Å². The largest absolute Gasteiger partial charge is 0.495 e. The average Bonchev–Trinajstić information content (AvgIpc) is 2.66. The van der Waals surface area contributed by atoms with Gasteiger partial charge < -0.3 is 10.1 Å². The molecule has 8 heteroatoms. The van der Waals surface area contributed by atoms with E-state index in [-0.39, 0.29) is 28.2 Å². The molecule has 0 spiro atoms. The first kappa shape index (κ1) is 21.4. The topological polar surface area (TPSA) is 84.5 Å². The summed E-state index contributed by atoms with van der Waals surface area (Å²) in [4.78, 5) is 12.6. The van der Waals surface area contributed by atoms with Crippen molar-refractivity contribution in [3.05, 3.63) is 58.1 Å². The summed E-state index contributed by atoms with van der Waals surface area (Å²) in [5.74, 6) is -0.170. The summed E-state index contributed by atoms with van der Waals surface area (Å²) in [6, 6.07) is 11.7. The van der Waals surface area contributed by atoms with Crippen molar-refractivity contribution < 1.29 is 17.9 Å². The van der Waals surface area contributed by atoms with Crippen molar-refractivity contribution in [3.63, 3.8) is 0 Å². The molecule has 0 saturated carbocycles. The molecule has 0 aliphatic carbocycles. The Morgan fingerprint density at radius 1 is 1.19 bits per heavy atom. The van der Waals surface area contributed by atoms with Crippen LogP contribution in [-0.4, -0.2) is 28.0 Å². The zero-order chi connectivity index (χ0) is 20.0. The maximum absolute atomic E-state index is 12.6. The van der Waals surface area contributed by atoms with E-state index in [1.165, 1.54) is 19.2 Å². The second-order valence-electron chi connectivity index (χ2n) is 6.01. The summed E-state index contributed by atoms with van der Waals surface area (Å²) >= 11 is 3.38. The van der Waals surface area contributed by atoms with Crippen molar-refractivity contribution in [3.8, 4) is 5.75 Å². The summed E-state index contributed by atoms with van der Waals surface area (Å²) in [7, 11) is -2.37. The van der Waals surface area contributed by atoms with Gasteiger partial charge in [0.05, 0.1) is 13.2 Å². The highest BCUT2D eigenvalue weighted by molar-refractivity contribution is 9.10. The quantitative estimate of drug-likeness (QED) is 0.637. The van der Waals surface area contributed by atoms with E-state index in [2.05, 4.69) is 26.0 Å². The lowest BCUT2D eigenvalue weighted by molar-refractivity contribution is 0.0939. The third-order valence-corrected chi connectivity index (χ3v) is 5.99. The summed E-state index contributed by atoms with van der Waals surface area (Å²) in [5.41, 5.74) is 1.19. The molecule has 0 aliphatic heterocycles. The number of hydrogen-bond donors (Lipinski definition) is 2. The molecule has 0 radical (unpaired) electrons. The summed E-state index contributed by atoms with van der Waals surface area (Å²) in [6.45, 7) is 4.04. The van der Waals surface area contributed by atoms with Gasteiger partial charge in [-0.05, 0) is 49.2 Å². The molecule has 27 heavy (non-hydrogen) atoms. The molecule has 1 amide bonds. The van der Waals surface area contributed by atoms with Crippen LogP contribution in [0.2, 0.25) is 0 Å². The molecule has 146 valence electrons. The Labute approximate surface area is 168 Å². The van der Waals surface area contributed by atoms with Crippen LogP contribution in [0.15, 0.2) is 51.8 Å². The Balaban J connectivity index is 2.26. The third-order valence-electron chi connectivity index (χ3n) is 3.98. The number of methoxy groups -OCH3 is 1. The normalized spacial score (nSPS) is 12.4. The smallest absolute Gasteiger partial charge is 0.251 e. The summed E-state index contributed by atoms with van der Waals surface area (Å²) in [5, 5.41) is 2.88. The Morgan fingerprint density at radius 2 is 1.85 bits per heavy atom. The monoisotopic (exact) mass is 454 g/mol. The zero-order valence-electron chi connectivity index (χ0n) is 15.5. The SMILES string of the molecule is CCCNS(=O)(=O)c1cc(C(=O)N[C@@H](C)c2ccc(Br)cc2)ccc1OC. The van der Waals surface area contributed by atoms with Crippen LogP contribution in [-0.2, 0) is 10.0 Å². The zero-order valence-corrected chi connectivity index (χ0v) is 17.9. The predicted molar refractivity (Wildman–Crippen MR) is 108 cm³/mol. The number of carbonyl (C=O) groups is 1. The number of hydrogen-bond acceptors (Lipinski definition) is 4. The molecular formula is C19H23BrN2O4S. The van der Waals surface area contributed by atoms with Gasteiger partial charge in [-0.1, -0.05) is 35.0 Å². The lowest BCUT2D eigenvalue weighted by Gasteiger charge is -2.16. The molecule has 0 heterocycles. The van der Waals surface area contributed by atoms with Gasteiger partial charge in [0.15, 0.2) is 0 Å². The fraction of sp³-hybridized carbons (Fsp3) is 0.316. The van der Waals surface area contributed by atoms with Gasteiger partial charge in [0.2, 0.25) is 10.0 Å². The van der Waals surface area contributed by atoms with Gasteiger partial charge in [-0.25, -0.2) is 13.1 Å². The van der Waals surface area contributed by atoms with Crippen LogP contribution in [0.4, 0.5) is 0 Å². The highest BCUT2D eigenvalue weighted by Gasteiger charge is 2.22. The van der Waals surface area contributed by atoms with Crippen molar-refractivity contribution >= 4 is 31.9 Å². The van der Waals surface area contributed by atoms with E-state index in [9.17, 15) is 13.2 Å². The van der Waals surface area contributed by atoms with Crippen LogP contribution in [0.5, 0.6) is 5.75 Å². The molecule has 0 bridgehead atoms. The van der Waals surface area contributed by atoms with Crippen molar-refractivity contribution in [2.45, 2.75) is 31.2 Å². The van der Waals surface area contributed by atoms with Crippen LogP contribution in [0, 0.1) is 0 Å². The highest BCUT2D eigenvalue weighted by Crippen LogP contribution is 2.25. The predicted octanol–water partition coefficient (Wildman–Crippen LogP) is 3.64. The number of rotatable bonds is 8. The van der Waals surface area contributed by atoms with E-state index in [1.807, 2.05) is 38.1 Å². The minimum Gasteiger partial charge on any atom is -0.495 e.